The van der Waals surface area contributed by atoms with Crippen LogP contribution in [0.4, 0.5) is 19.0 Å². The van der Waals surface area contributed by atoms with Gasteiger partial charge in [0.1, 0.15) is 5.82 Å². The van der Waals surface area contributed by atoms with E-state index in [0.29, 0.717) is 29.1 Å². The predicted octanol–water partition coefficient (Wildman–Crippen LogP) is 2.60. The third-order valence-electron chi connectivity index (χ3n) is 6.00. The molecule has 2 aromatic heterocycles. The van der Waals surface area contributed by atoms with Gasteiger partial charge in [0.2, 0.25) is 0 Å². The highest BCUT2D eigenvalue weighted by Crippen LogP contribution is 2.82. The SMILES string of the molecule is CC(C)n1nc(-c2cnc(N)c(C(F)(F)F)c2)cc1[C@@]12C3NC[C@H]1[C@@H]32. The van der Waals surface area contributed by atoms with Crippen LogP contribution < -0.4 is 11.1 Å². The highest BCUT2D eigenvalue weighted by Gasteiger charge is 2.91. The zero-order valence-corrected chi connectivity index (χ0v) is 13.8. The fourth-order valence-electron chi connectivity index (χ4n) is 4.75. The predicted molar refractivity (Wildman–Crippen MR) is 85.7 cm³/mol. The van der Waals surface area contributed by atoms with Gasteiger partial charge in [-0.05, 0) is 44.4 Å². The first-order valence-electron chi connectivity index (χ1n) is 8.42. The van der Waals surface area contributed by atoms with Gasteiger partial charge in [-0.1, -0.05) is 0 Å². The highest BCUT2D eigenvalue weighted by atomic mass is 19.4. The van der Waals surface area contributed by atoms with Gasteiger partial charge in [0.25, 0.3) is 0 Å². The van der Waals surface area contributed by atoms with Crippen LogP contribution in [0.15, 0.2) is 18.3 Å². The molecule has 4 heterocycles. The Morgan fingerprint density at radius 3 is 2.68 bits per heavy atom. The third-order valence-corrected chi connectivity index (χ3v) is 6.00. The Labute approximate surface area is 142 Å². The van der Waals surface area contributed by atoms with Gasteiger partial charge in [-0.3, -0.25) is 4.68 Å². The molecule has 2 bridgehead atoms. The van der Waals surface area contributed by atoms with Crippen molar-refractivity contribution in [2.24, 2.45) is 11.8 Å². The summed E-state index contributed by atoms with van der Waals surface area (Å²) >= 11 is 0. The van der Waals surface area contributed by atoms with Crippen molar-refractivity contribution < 1.29 is 13.2 Å². The molecule has 4 fully saturated rings. The lowest BCUT2D eigenvalue weighted by molar-refractivity contribution is -0.137. The Bertz CT molecular complexity index is 863. The molecule has 0 aromatic carbocycles. The molecule has 0 spiro atoms. The average molecular weight is 349 g/mol. The van der Waals surface area contributed by atoms with E-state index < -0.39 is 17.6 Å². The number of aromatic nitrogens is 3. The van der Waals surface area contributed by atoms with E-state index in [2.05, 4.69) is 15.4 Å². The second-order valence-corrected chi connectivity index (χ2v) is 7.56. The highest BCUT2D eigenvalue weighted by molar-refractivity contribution is 5.65. The maximum absolute atomic E-state index is 13.1. The van der Waals surface area contributed by atoms with Gasteiger partial charge in [-0.25, -0.2) is 4.98 Å². The van der Waals surface area contributed by atoms with Gasteiger partial charge in [-0.2, -0.15) is 18.3 Å². The average Bonchev–Trinajstić information content (AvgIpc) is 3.09. The number of piperidine rings is 1. The first-order valence-corrected chi connectivity index (χ1v) is 8.42. The molecule has 4 atom stereocenters. The lowest BCUT2D eigenvalue weighted by Crippen LogP contribution is -2.19. The Morgan fingerprint density at radius 2 is 2.12 bits per heavy atom. The van der Waals surface area contributed by atoms with Gasteiger partial charge < -0.3 is 11.1 Å². The molecular formula is C17H18F3N5. The van der Waals surface area contributed by atoms with Crippen molar-refractivity contribution in [1.82, 2.24) is 20.1 Å². The number of nitrogens with zero attached hydrogens (tertiary/aromatic N) is 3. The van der Waals surface area contributed by atoms with E-state index in [1.54, 1.807) is 0 Å². The summed E-state index contributed by atoms with van der Waals surface area (Å²) in [6, 6.07) is 3.63. The largest absolute Gasteiger partial charge is 0.419 e. The molecule has 132 valence electrons. The minimum absolute atomic E-state index is 0.142. The summed E-state index contributed by atoms with van der Waals surface area (Å²) in [5.41, 5.74) is 6.64. The molecule has 25 heavy (non-hydrogen) atoms. The minimum Gasteiger partial charge on any atom is -0.383 e. The van der Waals surface area contributed by atoms with E-state index in [1.807, 2.05) is 24.6 Å². The van der Waals surface area contributed by atoms with Crippen LogP contribution in [0.5, 0.6) is 0 Å². The normalized spacial score (nSPS) is 32.2. The summed E-state index contributed by atoms with van der Waals surface area (Å²) in [6.45, 7) is 5.10. The number of alkyl halides is 3. The lowest BCUT2D eigenvalue weighted by atomic mass is 10.0. The van der Waals surface area contributed by atoms with Crippen LogP contribution in [0.3, 0.4) is 0 Å². The molecule has 4 aliphatic rings. The van der Waals surface area contributed by atoms with Crippen LogP contribution in [-0.2, 0) is 11.6 Å². The zero-order chi connectivity index (χ0) is 17.7. The van der Waals surface area contributed by atoms with E-state index >= 15 is 0 Å². The fourth-order valence-corrected chi connectivity index (χ4v) is 4.75. The molecule has 3 N–H and O–H groups in total. The Kier molecular flexibility index (Phi) is 2.64. The van der Waals surface area contributed by atoms with Gasteiger partial charge in [-0.15, -0.1) is 0 Å². The molecular weight excluding hydrogens is 331 g/mol. The minimum atomic E-state index is -4.53. The topological polar surface area (TPSA) is 68.8 Å². The lowest BCUT2D eigenvalue weighted by Gasteiger charge is -2.14. The maximum Gasteiger partial charge on any atom is 0.419 e. The number of rotatable bonds is 3. The van der Waals surface area contributed by atoms with E-state index in [-0.39, 0.29) is 11.5 Å². The van der Waals surface area contributed by atoms with Crippen LogP contribution in [0.25, 0.3) is 11.3 Å². The molecule has 2 saturated heterocycles. The number of nitrogens with one attached hydrogen (secondary N) is 1. The van der Waals surface area contributed by atoms with Crippen molar-refractivity contribution >= 4 is 5.82 Å². The Morgan fingerprint density at radius 1 is 1.36 bits per heavy atom. The fraction of sp³-hybridized carbons (Fsp3) is 0.529. The molecule has 6 rings (SSSR count). The second kappa shape index (κ2) is 4.35. The molecule has 5 nitrogen and oxygen atoms in total. The summed E-state index contributed by atoms with van der Waals surface area (Å²) in [5, 5.41) is 8.11. The smallest absolute Gasteiger partial charge is 0.383 e. The van der Waals surface area contributed by atoms with Crippen molar-refractivity contribution in [2.45, 2.75) is 37.5 Å². The first-order chi connectivity index (χ1) is 11.8. The van der Waals surface area contributed by atoms with Gasteiger partial charge >= 0.3 is 6.18 Å². The second-order valence-electron chi connectivity index (χ2n) is 7.56. The summed E-state index contributed by atoms with van der Waals surface area (Å²) in [5.74, 6) is 0.810. The number of hydrogen-bond acceptors (Lipinski definition) is 4. The first kappa shape index (κ1) is 15.2. The summed E-state index contributed by atoms with van der Waals surface area (Å²) in [7, 11) is 0. The number of nitrogens with two attached hydrogens (primary N) is 1. The molecule has 2 aromatic rings. The molecule has 1 unspecified atom stereocenters. The number of halogens is 3. The van der Waals surface area contributed by atoms with Crippen LogP contribution in [0.2, 0.25) is 0 Å². The standard InChI is InChI=1S/C17H18F3N5/c1-7(2)25-12(16-10-6-22-14(16)13(10)16)4-11(24-25)8-3-9(17(18,19)20)15(21)23-5-8/h3-5,7,10,13-14,22H,6H2,1-2H3,(H2,21,23)/t10-,13-,14?,16-/m0/s1. The van der Waals surface area contributed by atoms with E-state index in [4.69, 9.17) is 5.73 Å². The summed E-state index contributed by atoms with van der Waals surface area (Å²) in [4.78, 5) is 3.73. The number of nitrogen functional groups attached to an aromatic ring is 1. The van der Waals surface area contributed by atoms with Crippen molar-refractivity contribution in [3.05, 3.63) is 29.6 Å². The number of pyridine rings is 1. The molecule has 8 heteroatoms. The van der Waals surface area contributed by atoms with Gasteiger partial charge in [0.15, 0.2) is 0 Å². The Balaban J connectivity index is 1.60. The quantitative estimate of drug-likeness (QED) is 0.894. The van der Waals surface area contributed by atoms with E-state index in [1.165, 1.54) is 6.20 Å². The van der Waals surface area contributed by atoms with E-state index in [0.717, 1.165) is 18.3 Å². The van der Waals surface area contributed by atoms with Gasteiger partial charge in [0, 0.05) is 35.0 Å². The van der Waals surface area contributed by atoms with Crippen LogP contribution in [0.1, 0.15) is 31.1 Å². The molecule has 2 saturated carbocycles. The van der Waals surface area contributed by atoms with Crippen molar-refractivity contribution in [2.75, 3.05) is 12.3 Å². The zero-order valence-electron chi connectivity index (χ0n) is 13.8. The van der Waals surface area contributed by atoms with Crippen molar-refractivity contribution in [1.29, 1.82) is 0 Å². The number of fused-ring (bicyclic) bond motifs is 1. The summed E-state index contributed by atoms with van der Waals surface area (Å²) < 4.78 is 41.3. The third kappa shape index (κ3) is 1.78. The molecule has 0 radical (unpaired) electrons. The van der Waals surface area contributed by atoms with Gasteiger partial charge in [0.05, 0.1) is 11.3 Å². The Hall–Kier alpha value is -2.09. The number of anilines is 1. The van der Waals surface area contributed by atoms with Crippen molar-refractivity contribution in [3.63, 3.8) is 0 Å². The molecule has 0 amide bonds. The van der Waals surface area contributed by atoms with E-state index in [9.17, 15) is 13.2 Å². The van der Waals surface area contributed by atoms with Crippen LogP contribution in [0, 0.1) is 11.8 Å². The summed E-state index contributed by atoms with van der Waals surface area (Å²) in [6.07, 6.45) is -3.17. The van der Waals surface area contributed by atoms with Crippen LogP contribution in [-0.4, -0.2) is 27.4 Å². The number of hydrogen-bond donors (Lipinski definition) is 2. The van der Waals surface area contributed by atoms with Crippen molar-refractivity contribution in [3.8, 4) is 11.3 Å². The van der Waals surface area contributed by atoms with Crippen LogP contribution >= 0.6 is 0 Å². The molecule has 2 aliphatic heterocycles. The molecule has 2 aliphatic carbocycles. The maximum atomic E-state index is 13.1. The monoisotopic (exact) mass is 349 g/mol.